The molecule has 27 heavy (non-hydrogen) atoms. The Morgan fingerprint density at radius 3 is 2.93 bits per heavy atom. The van der Waals surface area contributed by atoms with Crippen molar-refractivity contribution in [3.63, 3.8) is 0 Å². The van der Waals surface area contributed by atoms with Gasteiger partial charge in [0.1, 0.15) is 5.75 Å². The molecular weight excluding hydrogens is 432 g/mol. The molecule has 0 saturated carbocycles. The first-order valence-corrected chi connectivity index (χ1v) is 10.0. The van der Waals surface area contributed by atoms with Crippen LogP contribution < -0.4 is 10.1 Å². The van der Waals surface area contributed by atoms with Crippen LogP contribution in [-0.2, 0) is 4.79 Å². The van der Waals surface area contributed by atoms with Crippen molar-refractivity contribution in [2.75, 3.05) is 18.5 Å². The first-order valence-electron chi connectivity index (χ1n) is 8.85. The number of amides is 2. The van der Waals surface area contributed by atoms with Gasteiger partial charge >= 0.3 is 0 Å². The number of anilines is 1. The summed E-state index contributed by atoms with van der Waals surface area (Å²) in [6.45, 7) is 0.609. The van der Waals surface area contributed by atoms with Gasteiger partial charge in [0, 0.05) is 16.0 Å². The Kier molecular flexibility index (Phi) is 5.10. The molecule has 4 rings (SSSR count). The molecule has 2 aromatic carbocycles. The molecule has 0 bridgehead atoms. The minimum Gasteiger partial charge on any atom is -0.482 e. The van der Waals surface area contributed by atoms with E-state index in [4.69, 9.17) is 16.3 Å². The van der Waals surface area contributed by atoms with E-state index in [9.17, 15) is 9.59 Å². The molecule has 0 aliphatic carbocycles. The van der Waals surface area contributed by atoms with Crippen LogP contribution in [0.2, 0.25) is 5.02 Å². The Bertz CT molecular complexity index is 918. The van der Waals surface area contributed by atoms with E-state index in [1.54, 1.807) is 12.1 Å². The van der Waals surface area contributed by atoms with E-state index in [-0.39, 0.29) is 24.5 Å². The summed E-state index contributed by atoms with van der Waals surface area (Å²) in [6, 6.07) is 11.1. The summed E-state index contributed by atoms with van der Waals surface area (Å²) in [5, 5.41) is 3.44. The summed E-state index contributed by atoms with van der Waals surface area (Å²) in [6.07, 6.45) is 2.88. The van der Waals surface area contributed by atoms with E-state index in [0.717, 1.165) is 29.3 Å². The SMILES string of the molecule is O=C1COc2cc(Br)cc(C(=O)N3CCCCC3c3cccc(Cl)c3)c2N1. The second-order valence-corrected chi connectivity index (χ2v) is 8.08. The maximum atomic E-state index is 13.5. The third-order valence-electron chi connectivity index (χ3n) is 4.92. The number of carbonyl (C=O) groups excluding carboxylic acids is 2. The molecule has 1 atom stereocenters. The Morgan fingerprint density at radius 2 is 2.11 bits per heavy atom. The van der Waals surface area contributed by atoms with E-state index in [1.165, 1.54) is 0 Å². The number of hydrogen-bond donors (Lipinski definition) is 1. The molecule has 0 aromatic heterocycles. The van der Waals surface area contributed by atoms with Gasteiger partial charge in [-0.05, 0) is 49.1 Å². The first kappa shape index (κ1) is 18.3. The number of benzene rings is 2. The van der Waals surface area contributed by atoms with Crippen LogP contribution >= 0.6 is 27.5 Å². The lowest BCUT2D eigenvalue weighted by atomic mass is 9.94. The van der Waals surface area contributed by atoms with Crippen molar-refractivity contribution < 1.29 is 14.3 Å². The number of fused-ring (bicyclic) bond motifs is 1. The van der Waals surface area contributed by atoms with Crippen LogP contribution in [0.4, 0.5) is 5.69 Å². The van der Waals surface area contributed by atoms with E-state index >= 15 is 0 Å². The van der Waals surface area contributed by atoms with Crippen molar-refractivity contribution in [3.05, 3.63) is 57.0 Å². The van der Waals surface area contributed by atoms with Crippen LogP contribution in [0, 0.1) is 0 Å². The number of piperidine rings is 1. The number of ether oxygens (including phenoxy) is 1. The average Bonchev–Trinajstić information content (AvgIpc) is 2.67. The highest BCUT2D eigenvalue weighted by Crippen LogP contribution is 2.39. The van der Waals surface area contributed by atoms with Crippen molar-refractivity contribution in [1.82, 2.24) is 4.90 Å². The standard InChI is InChI=1S/C20H18BrClN2O3/c21-13-9-15(19-17(10-13)27-11-18(25)23-19)20(26)24-7-2-1-6-16(24)12-4-3-5-14(22)8-12/h3-5,8-10,16H,1-2,6-7,11H2,(H,23,25). The molecular formula is C20H18BrClN2O3. The fraction of sp³-hybridized carbons (Fsp3) is 0.300. The van der Waals surface area contributed by atoms with Crippen LogP contribution in [0.3, 0.4) is 0 Å². The quantitative estimate of drug-likeness (QED) is 0.716. The smallest absolute Gasteiger partial charge is 0.262 e. The Morgan fingerprint density at radius 1 is 1.26 bits per heavy atom. The highest BCUT2D eigenvalue weighted by molar-refractivity contribution is 9.10. The van der Waals surface area contributed by atoms with E-state index in [2.05, 4.69) is 21.2 Å². The van der Waals surface area contributed by atoms with Gasteiger partial charge in [0.05, 0.1) is 17.3 Å². The molecule has 7 heteroatoms. The van der Waals surface area contributed by atoms with Gasteiger partial charge in [-0.25, -0.2) is 0 Å². The molecule has 0 radical (unpaired) electrons. The third kappa shape index (κ3) is 3.69. The largest absolute Gasteiger partial charge is 0.482 e. The molecule has 2 heterocycles. The molecule has 2 aliphatic rings. The molecule has 0 spiro atoms. The normalized spacial score (nSPS) is 19.1. The van der Waals surface area contributed by atoms with Gasteiger partial charge in [-0.2, -0.15) is 0 Å². The number of halogens is 2. The molecule has 1 unspecified atom stereocenters. The molecule has 1 saturated heterocycles. The second kappa shape index (κ2) is 7.52. The van der Waals surface area contributed by atoms with Gasteiger partial charge < -0.3 is 15.0 Å². The second-order valence-electron chi connectivity index (χ2n) is 6.73. The lowest BCUT2D eigenvalue weighted by Crippen LogP contribution is -2.39. The van der Waals surface area contributed by atoms with Gasteiger partial charge in [-0.15, -0.1) is 0 Å². The summed E-state index contributed by atoms with van der Waals surface area (Å²) >= 11 is 9.60. The fourth-order valence-corrected chi connectivity index (χ4v) is 4.34. The lowest BCUT2D eigenvalue weighted by molar-refractivity contribution is -0.118. The van der Waals surface area contributed by atoms with Gasteiger partial charge in [0.25, 0.3) is 11.8 Å². The van der Waals surface area contributed by atoms with Crippen molar-refractivity contribution in [2.45, 2.75) is 25.3 Å². The lowest BCUT2D eigenvalue weighted by Gasteiger charge is -2.37. The summed E-state index contributed by atoms with van der Waals surface area (Å²) in [5.74, 6) is 0.121. The number of carbonyl (C=O) groups is 2. The van der Waals surface area contributed by atoms with Gasteiger partial charge in [0.2, 0.25) is 0 Å². The van der Waals surface area contributed by atoms with Crippen molar-refractivity contribution in [2.24, 2.45) is 0 Å². The van der Waals surface area contributed by atoms with Crippen LogP contribution in [-0.4, -0.2) is 29.9 Å². The van der Waals surface area contributed by atoms with E-state index in [1.807, 2.05) is 29.2 Å². The van der Waals surface area contributed by atoms with Crippen molar-refractivity contribution in [1.29, 1.82) is 0 Å². The maximum Gasteiger partial charge on any atom is 0.262 e. The molecule has 140 valence electrons. The fourth-order valence-electron chi connectivity index (χ4n) is 3.70. The maximum absolute atomic E-state index is 13.5. The van der Waals surface area contributed by atoms with Gasteiger partial charge in [0.15, 0.2) is 6.61 Å². The highest BCUT2D eigenvalue weighted by Gasteiger charge is 2.32. The molecule has 1 N–H and O–H groups in total. The number of hydrogen-bond acceptors (Lipinski definition) is 3. The summed E-state index contributed by atoms with van der Waals surface area (Å²) in [4.78, 5) is 27.1. The Labute approximate surface area is 170 Å². The molecule has 1 fully saturated rings. The zero-order valence-electron chi connectivity index (χ0n) is 14.5. The van der Waals surface area contributed by atoms with Crippen LogP contribution in [0.15, 0.2) is 40.9 Å². The van der Waals surface area contributed by atoms with Crippen LogP contribution in [0.5, 0.6) is 5.75 Å². The Hall–Kier alpha value is -2.05. The number of rotatable bonds is 2. The molecule has 2 aliphatic heterocycles. The zero-order chi connectivity index (χ0) is 19.0. The van der Waals surface area contributed by atoms with Crippen molar-refractivity contribution >= 4 is 45.0 Å². The number of nitrogens with one attached hydrogen (secondary N) is 1. The van der Waals surface area contributed by atoms with Gasteiger partial charge in [-0.1, -0.05) is 39.7 Å². The van der Waals surface area contributed by atoms with Crippen LogP contribution in [0.1, 0.15) is 41.2 Å². The highest BCUT2D eigenvalue weighted by atomic mass is 79.9. The van der Waals surface area contributed by atoms with E-state index in [0.29, 0.717) is 28.6 Å². The average molecular weight is 450 g/mol. The number of likely N-dealkylation sites (tertiary alicyclic amines) is 1. The van der Waals surface area contributed by atoms with Crippen molar-refractivity contribution in [3.8, 4) is 5.75 Å². The third-order valence-corrected chi connectivity index (χ3v) is 5.61. The Balaban J connectivity index is 1.73. The van der Waals surface area contributed by atoms with Gasteiger partial charge in [-0.3, -0.25) is 9.59 Å². The topological polar surface area (TPSA) is 58.6 Å². The molecule has 2 amide bonds. The molecule has 2 aromatic rings. The predicted molar refractivity (Wildman–Crippen MR) is 107 cm³/mol. The summed E-state index contributed by atoms with van der Waals surface area (Å²) in [7, 11) is 0. The minimum absolute atomic E-state index is 0.0419. The summed E-state index contributed by atoms with van der Waals surface area (Å²) in [5.41, 5.74) is 1.90. The predicted octanol–water partition coefficient (Wildman–Crippen LogP) is 4.80. The monoisotopic (exact) mass is 448 g/mol. The zero-order valence-corrected chi connectivity index (χ0v) is 16.8. The molecule has 5 nitrogen and oxygen atoms in total. The van der Waals surface area contributed by atoms with Crippen LogP contribution in [0.25, 0.3) is 0 Å². The van der Waals surface area contributed by atoms with E-state index < -0.39 is 0 Å². The number of nitrogens with zero attached hydrogens (tertiary/aromatic N) is 1. The first-order chi connectivity index (χ1) is 13.0. The minimum atomic E-state index is -0.260. The summed E-state index contributed by atoms with van der Waals surface area (Å²) < 4.78 is 6.23.